The first-order chi connectivity index (χ1) is 20.6. The second kappa shape index (κ2) is 24.4. The van der Waals surface area contributed by atoms with Crippen LogP contribution in [0.1, 0.15) is 49.9 Å². The number of ketones is 1. The van der Waals surface area contributed by atoms with Crippen LogP contribution in [0.3, 0.4) is 0 Å². The molecule has 1 aliphatic heterocycles. The Labute approximate surface area is 255 Å². The molecule has 0 spiro atoms. The minimum atomic E-state index is -2.70. The molecule has 9 nitrogen and oxygen atoms in total. The molecule has 1 aromatic rings. The van der Waals surface area contributed by atoms with E-state index in [0.29, 0.717) is 18.7 Å². The predicted molar refractivity (Wildman–Crippen MR) is 171 cm³/mol. The van der Waals surface area contributed by atoms with Crippen molar-refractivity contribution in [2.45, 2.75) is 52.0 Å². The van der Waals surface area contributed by atoms with Crippen LogP contribution in [0, 0.1) is 5.92 Å². The van der Waals surface area contributed by atoms with Crippen LogP contribution >= 0.6 is 0 Å². The maximum Gasteiger partial charge on any atom is 0.268 e. The van der Waals surface area contributed by atoms with Gasteiger partial charge in [0.15, 0.2) is 5.78 Å². The number of aliphatic imine (C=N–C) groups is 2. The molecule has 43 heavy (non-hydrogen) atoms. The molecule has 1 saturated heterocycles. The molecule has 1 aromatic carbocycles. The van der Waals surface area contributed by atoms with Crippen molar-refractivity contribution in [3.63, 3.8) is 0 Å². The second-order valence-corrected chi connectivity index (χ2v) is 10.4. The number of ether oxygens (including phenoxy) is 1. The van der Waals surface area contributed by atoms with Crippen LogP contribution in [0.2, 0.25) is 0 Å². The van der Waals surface area contributed by atoms with E-state index in [2.05, 4.69) is 62.9 Å². The summed E-state index contributed by atoms with van der Waals surface area (Å²) in [5.41, 5.74) is 1.05. The Morgan fingerprint density at radius 1 is 1.09 bits per heavy atom. The molecular formula is C31H51F3N6O3. The van der Waals surface area contributed by atoms with E-state index in [4.69, 9.17) is 0 Å². The number of likely N-dealkylation sites (N-methyl/N-ethyl adjacent to an activating group) is 2. The number of rotatable bonds is 10. The van der Waals surface area contributed by atoms with Gasteiger partial charge in [-0.1, -0.05) is 19.8 Å². The van der Waals surface area contributed by atoms with Crippen molar-refractivity contribution in [2.24, 2.45) is 15.9 Å². The molecule has 2 atom stereocenters. The number of halogens is 3. The largest absolute Gasteiger partial charge is 0.377 e. The second-order valence-electron chi connectivity index (χ2n) is 10.4. The number of alkyl halides is 3. The van der Waals surface area contributed by atoms with Gasteiger partial charge >= 0.3 is 0 Å². The summed E-state index contributed by atoms with van der Waals surface area (Å²) >= 11 is 0. The van der Waals surface area contributed by atoms with Gasteiger partial charge in [0.25, 0.3) is 6.43 Å². The monoisotopic (exact) mass is 612 g/mol. The smallest absolute Gasteiger partial charge is 0.268 e. The highest BCUT2D eigenvalue weighted by atomic mass is 19.3. The van der Waals surface area contributed by atoms with Crippen molar-refractivity contribution >= 4 is 30.3 Å². The number of carbonyl (C=O) groups excluding carboxylic acids is 2. The molecule has 2 N–H and O–H groups in total. The fourth-order valence-electron chi connectivity index (χ4n) is 4.24. The van der Waals surface area contributed by atoms with Gasteiger partial charge in [0, 0.05) is 56.8 Å². The summed E-state index contributed by atoms with van der Waals surface area (Å²) < 4.78 is 40.9. The van der Waals surface area contributed by atoms with E-state index in [1.165, 1.54) is 40.2 Å². The molecule has 1 saturated carbocycles. The van der Waals surface area contributed by atoms with Crippen molar-refractivity contribution in [1.29, 1.82) is 0 Å². The lowest BCUT2D eigenvalue weighted by atomic mass is 9.86. The zero-order chi connectivity index (χ0) is 32.6. The van der Waals surface area contributed by atoms with Gasteiger partial charge in [0.2, 0.25) is 0 Å². The van der Waals surface area contributed by atoms with Crippen molar-refractivity contribution < 1.29 is 27.5 Å². The molecule has 244 valence electrons. The average Bonchev–Trinajstić information content (AvgIpc) is 3.00. The van der Waals surface area contributed by atoms with Gasteiger partial charge in [-0.15, -0.1) is 0 Å². The van der Waals surface area contributed by atoms with E-state index in [9.17, 15) is 22.8 Å². The van der Waals surface area contributed by atoms with Gasteiger partial charge in [0.05, 0.1) is 12.8 Å². The van der Waals surface area contributed by atoms with Gasteiger partial charge in [0.1, 0.15) is 25.4 Å². The third-order valence-electron chi connectivity index (χ3n) is 6.81. The number of methoxy groups -OCH3 is 1. The van der Waals surface area contributed by atoms with Crippen molar-refractivity contribution in [3.8, 4) is 0 Å². The van der Waals surface area contributed by atoms with E-state index in [1.807, 2.05) is 0 Å². The van der Waals surface area contributed by atoms with Crippen LogP contribution in [0.25, 0.3) is 0 Å². The number of Topliss-reactive ketones (excluding diaryl/α,β-unsaturated/α-hetero) is 1. The minimum Gasteiger partial charge on any atom is -0.377 e. The maximum atomic E-state index is 13.5. The minimum absolute atomic E-state index is 0.0671. The Bertz CT molecular complexity index is 958. The highest BCUT2D eigenvalue weighted by Gasteiger charge is 2.25. The summed E-state index contributed by atoms with van der Waals surface area (Å²) in [4.78, 5) is 33.2. The lowest BCUT2D eigenvalue weighted by Gasteiger charge is -2.31. The molecule has 2 fully saturated rings. The molecular weight excluding hydrogens is 561 g/mol. The van der Waals surface area contributed by atoms with Gasteiger partial charge in [-0.2, -0.15) is 0 Å². The normalized spacial score (nSPS) is 19.4. The molecule has 3 rings (SSSR count). The molecule has 1 heterocycles. The fraction of sp³-hybridized carbons (Fsp3) is 0.613. The van der Waals surface area contributed by atoms with Crippen molar-refractivity contribution in [3.05, 3.63) is 41.6 Å². The van der Waals surface area contributed by atoms with Crippen LogP contribution in [0.4, 0.5) is 18.9 Å². The number of aldehydes is 1. The summed E-state index contributed by atoms with van der Waals surface area (Å²) in [6, 6.07) is 6.94. The first-order valence-electron chi connectivity index (χ1n) is 14.4. The Morgan fingerprint density at radius 2 is 1.65 bits per heavy atom. The van der Waals surface area contributed by atoms with Gasteiger partial charge in [-0.3, -0.25) is 19.0 Å². The molecule has 2 unspecified atom stereocenters. The molecule has 0 aromatic heterocycles. The molecule has 0 amide bonds. The summed E-state index contributed by atoms with van der Waals surface area (Å²) in [6.45, 7) is 12.2. The molecule has 1 aliphatic carbocycles. The Balaban J connectivity index is 0.000000898. The highest BCUT2D eigenvalue weighted by Crippen LogP contribution is 2.24. The Morgan fingerprint density at radius 3 is 2.07 bits per heavy atom. The van der Waals surface area contributed by atoms with E-state index in [-0.39, 0.29) is 36.5 Å². The standard InChI is InChI=1S/C20H26F2N4O.C6H14N2.C4H8O2.CH3F/c1-14-5-3-4-6-18(14)26-20(17(11-23-2)19(21)22)25-13-24-16-9-7-15(12-27)8-10-16;1-7-3-5-8(2)6-4-7;1-4(5)3-6-2;1-2/h7-12,14,18-19,24H,2-6,13H2,1H3,(H,25,26);3-6H2,1-2H3;3H2,1-2H3;1H3/b17-11-;;;. The molecule has 2 aliphatic rings. The van der Waals surface area contributed by atoms with Crippen LogP contribution in [-0.4, -0.2) is 115 Å². The topological polar surface area (TPSA) is 98.6 Å². The summed E-state index contributed by atoms with van der Waals surface area (Å²) in [6.07, 6.45) is 3.35. The number of amidine groups is 1. The lowest BCUT2D eigenvalue weighted by Crippen LogP contribution is -2.43. The van der Waals surface area contributed by atoms with Crippen molar-refractivity contribution in [2.75, 3.05) is 73.2 Å². The Kier molecular flexibility index (Phi) is 22.6. The van der Waals surface area contributed by atoms with Crippen LogP contribution in [-0.2, 0) is 9.53 Å². The van der Waals surface area contributed by atoms with Gasteiger partial charge < -0.3 is 25.2 Å². The van der Waals surface area contributed by atoms with Crippen LogP contribution in [0.5, 0.6) is 0 Å². The first-order valence-corrected chi connectivity index (χ1v) is 14.4. The van der Waals surface area contributed by atoms with E-state index in [1.54, 1.807) is 24.3 Å². The number of benzene rings is 1. The third-order valence-corrected chi connectivity index (χ3v) is 6.81. The molecule has 0 radical (unpaired) electrons. The van der Waals surface area contributed by atoms with E-state index in [0.717, 1.165) is 43.9 Å². The zero-order valence-electron chi connectivity index (χ0n) is 26.6. The number of nitrogens with zero attached hydrogens (tertiary/aromatic N) is 4. The van der Waals surface area contributed by atoms with Gasteiger partial charge in [-0.25, -0.2) is 13.8 Å². The van der Waals surface area contributed by atoms with E-state index < -0.39 is 6.43 Å². The number of hydrogen-bond donors (Lipinski definition) is 2. The number of anilines is 1. The van der Waals surface area contributed by atoms with Crippen LogP contribution in [0.15, 0.2) is 46.0 Å². The highest BCUT2D eigenvalue weighted by molar-refractivity contribution is 5.99. The summed E-state index contributed by atoms with van der Waals surface area (Å²) in [5, 5.41) is 6.25. The average molecular weight is 613 g/mol. The zero-order valence-corrected chi connectivity index (χ0v) is 26.6. The van der Waals surface area contributed by atoms with E-state index >= 15 is 0 Å². The number of carbonyl (C=O) groups is 2. The number of nitrogens with one attached hydrogen (secondary N) is 2. The predicted octanol–water partition coefficient (Wildman–Crippen LogP) is 4.96. The quantitative estimate of drug-likeness (QED) is 0.219. The van der Waals surface area contributed by atoms with Crippen molar-refractivity contribution in [1.82, 2.24) is 15.1 Å². The van der Waals surface area contributed by atoms with Gasteiger partial charge in [-0.05, 0) is 70.8 Å². The molecule has 0 bridgehead atoms. The SMILES string of the molecule is C=N/C=C(\C(=N/CNc1ccc(C=O)cc1)NC1CCCCC1C)C(F)F.CF.CN1CCN(C)CC1.COCC(C)=O. The third kappa shape index (κ3) is 18.2. The Hall–Kier alpha value is -3.09. The first kappa shape index (κ1) is 39.9. The lowest BCUT2D eigenvalue weighted by molar-refractivity contribution is -0.120. The van der Waals surface area contributed by atoms with Crippen LogP contribution < -0.4 is 10.6 Å². The summed E-state index contributed by atoms with van der Waals surface area (Å²) in [5.74, 6) is 0.606. The maximum absolute atomic E-state index is 13.5. The number of hydrogen-bond acceptors (Lipinski definition) is 8. The summed E-state index contributed by atoms with van der Waals surface area (Å²) in [7, 11) is 6.35. The fourth-order valence-corrected chi connectivity index (χ4v) is 4.24. The molecule has 12 heteroatoms. The number of piperazine rings is 1.